The highest BCUT2D eigenvalue weighted by Gasteiger charge is 2.26. The summed E-state index contributed by atoms with van der Waals surface area (Å²) < 4.78 is 0. The first-order valence-electron chi connectivity index (χ1n) is 7.91. The lowest BCUT2D eigenvalue weighted by Crippen LogP contribution is -1.93. The van der Waals surface area contributed by atoms with Crippen LogP contribution in [0.4, 0.5) is 0 Å². The number of hydrogen-bond donors (Lipinski definition) is 0. The molecule has 18 heavy (non-hydrogen) atoms. The van der Waals surface area contributed by atoms with Gasteiger partial charge in [-0.25, -0.2) is 0 Å². The van der Waals surface area contributed by atoms with Gasteiger partial charge in [-0.2, -0.15) is 0 Å². The van der Waals surface area contributed by atoms with Crippen LogP contribution in [0.3, 0.4) is 0 Å². The van der Waals surface area contributed by atoms with E-state index in [-0.39, 0.29) is 0 Å². The molecule has 0 heteroatoms. The van der Waals surface area contributed by atoms with Gasteiger partial charge >= 0.3 is 0 Å². The van der Waals surface area contributed by atoms with E-state index in [9.17, 15) is 0 Å². The van der Waals surface area contributed by atoms with Gasteiger partial charge in [-0.15, -0.1) is 0 Å². The van der Waals surface area contributed by atoms with Gasteiger partial charge < -0.3 is 0 Å². The van der Waals surface area contributed by atoms with Gasteiger partial charge in [0.15, 0.2) is 0 Å². The van der Waals surface area contributed by atoms with Crippen LogP contribution in [-0.2, 0) is 0 Å². The average molecular weight is 244 g/mol. The third-order valence-corrected chi connectivity index (χ3v) is 4.51. The molecule has 0 saturated heterocycles. The van der Waals surface area contributed by atoms with Crippen molar-refractivity contribution in [3.8, 4) is 0 Å². The quantitative estimate of drug-likeness (QED) is 0.514. The molecule has 2 unspecified atom stereocenters. The van der Waals surface area contributed by atoms with E-state index in [2.05, 4.69) is 38.1 Å². The van der Waals surface area contributed by atoms with Crippen LogP contribution in [0.15, 0.2) is 24.3 Å². The third kappa shape index (κ3) is 3.37. The molecular weight excluding hydrogens is 216 g/mol. The van der Waals surface area contributed by atoms with Crippen molar-refractivity contribution in [2.24, 2.45) is 0 Å². The zero-order chi connectivity index (χ0) is 12.8. The van der Waals surface area contributed by atoms with Crippen molar-refractivity contribution in [3.63, 3.8) is 0 Å². The molecule has 1 aliphatic rings. The highest BCUT2D eigenvalue weighted by molar-refractivity contribution is 5.37. The van der Waals surface area contributed by atoms with Crippen LogP contribution in [0.5, 0.6) is 0 Å². The Morgan fingerprint density at radius 3 is 2.39 bits per heavy atom. The van der Waals surface area contributed by atoms with Crippen LogP contribution < -0.4 is 0 Å². The molecule has 100 valence electrons. The summed E-state index contributed by atoms with van der Waals surface area (Å²) in [5.41, 5.74) is 3.27. The largest absolute Gasteiger partial charge is 0.0654 e. The molecule has 0 bridgehead atoms. The number of hydrogen-bond acceptors (Lipinski definition) is 0. The van der Waals surface area contributed by atoms with Crippen LogP contribution in [0.2, 0.25) is 0 Å². The number of benzene rings is 1. The van der Waals surface area contributed by atoms with E-state index in [0.29, 0.717) is 0 Å². The molecule has 1 aliphatic carbocycles. The van der Waals surface area contributed by atoms with E-state index >= 15 is 0 Å². The van der Waals surface area contributed by atoms with Crippen LogP contribution in [0.25, 0.3) is 0 Å². The predicted octanol–water partition coefficient (Wildman–Crippen LogP) is 6.03. The Balaban J connectivity index is 1.75. The van der Waals surface area contributed by atoms with E-state index in [1.807, 2.05) is 0 Å². The lowest BCUT2D eigenvalue weighted by Gasteiger charge is -2.11. The maximum atomic E-state index is 2.39. The summed E-state index contributed by atoms with van der Waals surface area (Å²) in [6.45, 7) is 4.68. The van der Waals surface area contributed by atoms with Gasteiger partial charge in [-0.3, -0.25) is 0 Å². The number of fused-ring (bicyclic) bond motifs is 1. The monoisotopic (exact) mass is 244 g/mol. The maximum absolute atomic E-state index is 2.39. The fraction of sp³-hybridized carbons (Fsp3) is 0.667. The summed E-state index contributed by atoms with van der Waals surface area (Å²) in [4.78, 5) is 0. The number of unbranched alkanes of at least 4 members (excludes halogenated alkanes) is 5. The van der Waals surface area contributed by atoms with E-state index in [1.54, 1.807) is 11.1 Å². The molecule has 0 radical (unpaired) electrons. The van der Waals surface area contributed by atoms with Crippen LogP contribution >= 0.6 is 0 Å². The zero-order valence-corrected chi connectivity index (χ0v) is 12.1. The molecule has 0 nitrogen and oxygen atoms in total. The standard InChI is InChI=1S/C18H28/c1-3-4-5-6-7-8-11-16-14-15(2)17-12-9-10-13-18(16)17/h9-10,12-13,15-16H,3-8,11,14H2,1-2H3. The Morgan fingerprint density at radius 2 is 1.61 bits per heavy atom. The second-order valence-corrected chi connectivity index (χ2v) is 6.02. The van der Waals surface area contributed by atoms with Gasteiger partial charge in [0.05, 0.1) is 0 Å². The first-order chi connectivity index (χ1) is 8.83. The van der Waals surface area contributed by atoms with Gasteiger partial charge in [0.1, 0.15) is 0 Å². The van der Waals surface area contributed by atoms with Crippen LogP contribution in [0.1, 0.15) is 88.2 Å². The summed E-state index contributed by atoms with van der Waals surface area (Å²) in [5.74, 6) is 1.63. The third-order valence-electron chi connectivity index (χ3n) is 4.51. The Hall–Kier alpha value is -0.780. The summed E-state index contributed by atoms with van der Waals surface area (Å²) in [6.07, 6.45) is 11.3. The molecule has 0 fully saturated rings. The minimum Gasteiger partial charge on any atom is -0.0654 e. The summed E-state index contributed by atoms with van der Waals surface area (Å²) in [5, 5.41) is 0. The maximum Gasteiger partial charge on any atom is -0.0153 e. The lowest BCUT2D eigenvalue weighted by atomic mass is 9.94. The SMILES string of the molecule is CCCCCCCCC1CC(C)c2ccccc21. The second-order valence-electron chi connectivity index (χ2n) is 6.02. The molecule has 0 aromatic heterocycles. The first kappa shape index (κ1) is 13.6. The van der Waals surface area contributed by atoms with Crippen LogP contribution in [-0.4, -0.2) is 0 Å². The van der Waals surface area contributed by atoms with Crippen molar-refractivity contribution < 1.29 is 0 Å². The second kappa shape index (κ2) is 6.97. The first-order valence-corrected chi connectivity index (χ1v) is 7.91. The van der Waals surface area contributed by atoms with Crippen molar-refractivity contribution in [2.45, 2.75) is 77.0 Å². The zero-order valence-electron chi connectivity index (χ0n) is 12.1. The lowest BCUT2D eigenvalue weighted by molar-refractivity contribution is 0.520. The fourth-order valence-electron chi connectivity index (χ4n) is 3.46. The normalized spacial score (nSPS) is 22.1. The molecule has 0 saturated carbocycles. The minimum atomic E-state index is 0.784. The van der Waals surface area contributed by atoms with Gasteiger partial charge in [0, 0.05) is 0 Å². The molecule has 2 atom stereocenters. The van der Waals surface area contributed by atoms with E-state index in [0.717, 1.165) is 11.8 Å². The van der Waals surface area contributed by atoms with Crippen molar-refractivity contribution in [1.82, 2.24) is 0 Å². The molecular formula is C18H28. The Kier molecular flexibility index (Phi) is 5.28. The Labute approximate surface area is 113 Å². The van der Waals surface area contributed by atoms with E-state index in [1.165, 1.54) is 51.4 Å². The van der Waals surface area contributed by atoms with Gasteiger partial charge in [0.25, 0.3) is 0 Å². The van der Waals surface area contributed by atoms with E-state index < -0.39 is 0 Å². The molecule has 0 heterocycles. The van der Waals surface area contributed by atoms with E-state index in [4.69, 9.17) is 0 Å². The van der Waals surface area contributed by atoms with Crippen molar-refractivity contribution in [1.29, 1.82) is 0 Å². The predicted molar refractivity (Wildman–Crippen MR) is 80.2 cm³/mol. The number of rotatable bonds is 7. The van der Waals surface area contributed by atoms with Gasteiger partial charge in [-0.1, -0.05) is 76.6 Å². The van der Waals surface area contributed by atoms with Gasteiger partial charge in [-0.05, 0) is 35.8 Å². The van der Waals surface area contributed by atoms with Crippen LogP contribution in [0, 0.1) is 0 Å². The molecule has 1 aromatic rings. The highest BCUT2D eigenvalue weighted by Crippen LogP contribution is 2.43. The van der Waals surface area contributed by atoms with Crippen molar-refractivity contribution in [2.75, 3.05) is 0 Å². The Bertz CT molecular complexity index is 353. The topological polar surface area (TPSA) is 0 Å². The van der Waals surface area contributed by atoms with Gasteiger partial charge in [0.2, 0.25) is 0 Å². The average Bonchev–Trinajstić information content (AvgIpc) is 2.71. The fourth-order valence-corrected chi connectivity index (χ4v) is 3.46. The summed E-state index contributed by atoms with van der Waals surface area (Å²) in [6, 6.07) is 9.11. The van der Waals surface area contributed by atoms with Crippen molar-refractivity contribution in [3.05, 3.63) is 35.4 Å². The molecule has 0 N–H and O–H groups in total. The molecule has 0 spiro atoms. The highest BCUT2D eigenvalue weighted by atomic mass is 14.3. The van der Waals surface area contributed by atoms with Crippen molar-refractivity contribution >= 4 is 0 Å². The molecule has 2 rings (SSSR count). The molecule has 0 amide bonds. The molecule has 1 aromatic carbocycles. The summed E-state index contributed by atoms with van der Waals surface area (Å²) >= 11 is 0. The Morgan fingerprint density at radius 1 is 0.944 bits per heavy atom. The molecule has 0 aliphatic heterocycles. The smallest absolute Gasteiger partial charge is 0.0153 e. The minimum absolute atomic E-state index is 0.784. The summed E-state index contributed by atoms with van der Waals surface area (Å²) in [7, 11) is 0.